The van der Waals surface area contributed by atoms with Gasteiger partial charge in [0.05, 0.1) is 19.8 Å². The van der Waals surface area contributed by atoms with Crippen molar-refractivity contribution in [3.8, 4) is 0 Å². The molecule has 2 aliphatic heterocycles. The molecule has 6 heteroatoms. The summed E-state index contributed by atoms with van der Waals surface area (Å²) in [6.45, 7) is 5.00. The highest BCUT2D eigenvalue weighted by Crippen LogP contribution is 2.15. The van der Waals surface area contributed by atoms with Crippen LogP contribution in [-0.4, -0.2) is 67.6 Å². The van der Waals surface area contributed by atoms with Crippen LogP contribution < -0.4 is 5.32 Å². The third kappa shape index (κ3) is 4.55. The number of rotatable bonds is 4. The van der Waals surface area contributed by atoms with Gasteiger partial charge in [-0.1, -0.05) is 0 Å². The number of anilines is 1. The van der Waals surface area contributed by atoms with Gasteiger partial charge in [-0.3, -0.25) is 14.5 Å². The van der Waals surface area contributed by atoms with Crippen LogP contribution in [0.4, 0.5) is 5.69 Å². The van der Waals surface area contributed by atoms with Gasteiger partial charge in [-0.05, 0) is 43.5 Å². The molecule has 2 aliphatic rings. The molecule has 0 unspecified atom stereocenters. The first-order valence-electron chi connectivity index (χ1n) is 8.72. The van der Waals surface area contributed by atoms with Crippen LogP contribution in [0.25, 0.3) is 0 Å². The van der Waals surface area contributed by atoms with Crippen LogP contribution in [0.2, 0.25) is 0 Å². The van der Waals surface area contributed by atoms with Crippen LogP contribution >= 0.6 is 0 Å². The van der Waals surface area contributed by atoms with Gasteiger partial charge in [0.15, 0.2) is 0 Å². The average molecular weight is 331 g/mol. The van der Waals surface area contributed by atoms with Gasteiger partial charge in [-0.25, -0.2) is 0 Å². The molecule has 2 amide bonds. The lowest BCUT2D eigenvalue weighted by Gasteiger charge is -2.27. The van der Waals surface area contributed by atoms with Crippen molar-refractivity contribution in [1.29, 1.82) is 0 Å². The van der Waals surface area contributed by atoms with E-state index >= 15 is 0 Å². The molecule has 0 saturated carbocycles. The maximum atomic E-state index is 12.4. The number of carbonyl (C=O) groups is 2. The number of morpholine rings is 1. The standard InChI is InChI=1S/C18H25N3O3/c22-17(14-20-10-12-24-13-11-20)19-16-6-4-15(5-7-16)18(23)21-8-2-1-3-9-21/h4-7H,1-3,8-14H2,(H,19,22). The molecular weight excluding hydrogens is 306 g/mol. The Morgan fingerprint density at radius 2 is 1.62 bits per heavy atom. The molecule has 2 heterocycles. The predicted octanol–water partition coefficient (Wildman–Crippen LogP) is 1.58. The van der Waals surface area contributed by atoms with E-state index in [1.165, 1.54) is 6.42 Å². The molecule has 0 atom stereocenters. The number of ether oxygens (including phenoxy) is 1. The van der Waals surface area contributed by atoms with Crippen molar-refractivity contribution < 1.29 is 14.3 Å². The predicted molar refractivity (Wildman–Crippen MR) is 92.1 cm³/mol. The third-order valence-corrected chi connectivity index (χ3v) is 4.53. The van der Waals surface area contributed by atoms with E-state index in [1.54, 1.807) is 24.3 Å². The number of piperidine rings is 1. The lowest BCUT2D eigenvalue weighted by molar-refractivity contribution is -0.118. The summed E-state index contributed by atoms with van der Waals surface area (Å²) in [5, 5.41) is 2.89. The monoisotopic (exact) mass is 331 g/mol. The number of likely N-dealkylation sites (tertiary alicyclic amines) is 1. The largest absolute Gasteiger partial charge is 0.379 e. The molecule has 2 saturated heterocycles. The number of amides is 2. The van der Waals surface area contributed by atoms with E-state index in [0.29, 0.717) is 25.3 Å². The number of hydrogen-bond acceptors (Lipinski definition) is 4. The van der Waals surface area contributed by atoms with Crippen molar-refractivity contribution in [2.45, 2.75) is 19.3 Å². The summed E-state index contributed by atoms with van der Waals surface area (Å²) in [4.78, 5) is 28.5. The van der Waals surface area contributed by atoms with Crippen molar-refractivity contribution in [3.05, 3.63) is 29.8 Å². The van der Waals surface area contributed by atoms with Gasteiger partial charge in [-0.15, -0.1) is 0 Å². The van der Waals surface area contributed by atoms with Crippen molar-refractivity contribution in [1.82, 2.24) is 9.80 Å². The third-order valence-electron chi connectivity index (χ3n) is 4.53. The Balaban J connectivity index is 1.52. The summed E-state index contributed by atoms with van der Waals surface area (Å²) in [6, 6.07) is 7.19. The van der Waals surface area contributed by atoms with Gasteiger partial charge in [0.25, 0.3) is 5.91 Å². The number of carbonyl (C=O) groups excluding carboxylic acids is 2. The normalized spacial score (nSPS) is 19.1. The fourth-order valence-corrected chi connectivity index (χ4v) is 3.14. The Labute approximate surface area is 142 Å². The van der Waals surface area contributed by atoms with Gasteiger partial charge in [-0.2, -0.15) is 0 Å². The zero-order valence-electron chi connectivity index (χ0n) is 14.0. The average Bonchev–Trinajstić information content (AvgIpc) is 2.63. The van der Waals surface area contributed by atoms with E-state index in [1.807, 2.05) is 4.90 Å². The topological polar surface area (TPSA) is 61.9 Å². The highest BCUT2D eigenvalue weighted by atomic mass is 16.5. The van der Waals surface area contributed by atoms with E-state index in [2.05, 4.69) is 10.2 Å². The second-order valence-corrected chi connectivity index (χ2v) is 6.37. The summed E-state index contributed by atoms with van der Waals surface area (Å²) in [6.07, 6.45) is 3.38. The molecule has 6 nitrogen and oxygen atoms in total. The van der Waals surface area contributed by atoms with Crippen molar-refractivity contribution in [3.63, 3.8) is 0 Å². The smallest absolute Gasteiger partial charge is 0.253 e. The van der Waals surface area contributed by atoms with Crippen LogP contribution in [0.5, 0.6) is 0 Å². The molecular formula is C18H25N3O3. The maximum absolute atomic E-state index is 12.4. The van der Waals surface area contributed by atoms with Gasteiger partial charge >= 0.3 is 0 Å². The zero-order chi connectivity index (χ0) is 16.8. The summed E-state index contributed by atoms with van der Waals surface area (Å²) in [7, 11) is 0. The summed E-state index contributed by atoms with van der Waals surface area (Å²) in [5.74, 6) is 0.0490. The summed E-state index contributed by atoms with van der Waals surface area (Å²) in [5.41, 5.74) is 1.41. The fourth-order valence-electron chi connectivity index (χ4n) is 3.14. The van der Waals surface area contributed by atoms with E-state index in [0.717, 1.165) is 44.7 Å². The molecule has 130 valence electrons. The molecule has 0 bridgehead atoms. The Hall–Kier alpha value is -1.92. The SMILES string of the molecule is O=C(CN1CCOCC1)Nc1ccc(C(=O)N2CCCCC2)cc1. The van der Waals surface area contributed by atoms with Gasteiger partial charge < -0.3 is 15.0 Å². The second kappa shape index (κ2) is 8.26. The molecule has 0 radical (unpaired) electrons. The van der Waals surface area contributed by atoms with E-state index in [-0.39, 0.29) is 11.8 Å². The lowest BCUT2D eigenvalue weighted by Crippen LogP contribution is -2.41. The van der Waals surface area contributed by atoms with E-state index < -0.39 is 0 Å². The van der Waals surface area contributed by atoms with Crippen LogP contribution in [0.15, 0.2) is 24.3 Å². The number of nitrogens with zero attached hydrogens (tertiary/aromatic N) is 2. The maximum Gasteiger partial charge on any atom is 0.253 e. The molecule has 1 aromatic carbocycles. The summed E-state index contributed by atoms with van der Waals surface area (Å²) < 4.78 is 5.28. The molecule has 1 N–H and O–H groups in total. The minimum atomic E-state index is -0.0352. The Kier molecular flexibility index (Phi) is 5.82. The van der Waals surface area contributed by atoms with E-state index in [4.69, 9.17) is 4.74 Å². The molecule has 24 heavy (non-hydrogen) atoms. The highest BCUT2D eigenvalue weighted by Gasteiger charge is 2.18. The fraction of sp³-hybridized carbons (Fsp3) is 0.556. The Bertz CT molecular complexity index is 561. The Morgan fingerprint density at radius 1 is 0.958 bits per heavy atom. The number of benzene rings is 1. The van der Waals surface area contributed by atoms with Gasteiger partial charge in [0.2, 0.25) is 5.91 Å². The molecule has 0 spiro atoms. The van der Waals surface area contributed by atoms with Crippen LogP contribution in [-0.2, 0) is 9.53 Å². The molecule has 1 aromatic rings. The Morgan fingerprint density at radius 3 is 2.29 bits per heavy atom. The first-order chi connectivity index (χ1) is 11.7. The minimum absolute atomic E-state index is 0.0352. The van der Waals surface area contributed by atoms with Crippen molar-refractivity contribution in [2.24, 2.45) is 0 Å². The lowest BCUT2D eigenvalue weighted by atomic mass is 10.1. The van der Waals surface area contributed by atoms with Crippen molar-refractivity contribution >= 4 is 17.5 Å². The molecule has 0 aliphatic carbocycles. The molecule has 0 aromatic heterocycles. The number of nitrogens with one attached hydrogen (secondary N) is 1. The van der Waals surface area contributed by atoms with E-state index in [9.17, 15) is 9.59 Å². The van der Waals surface area contributed by atoms with Crippen molar-refractivity contribution in [2.75, 3.05) is 51.3 Å². The molecule has 3 rings (SSSR count). The minimum Gasteiger partial charge on any atom is -0.379 e. The summed E-state index contributed by atoms with van der Waals surface area (Å²) >= 11 is 0. The van der Waals surface area contributed by atoms with Crippen LogP contribution in [0.1, 0.15) is 29.6 Å². The first-order valence-corrected chi connectivity index (χ1v) is 8.72. The first kappa shape index (κ1) is 16.9. The second-order valence-electron chi connectivity index (χ2n) is 6.37. The number of hydrogen-bond donors (Lipinski definition) is 1. The van der Waals surface area contributed by atoms with Gasteiger partial charge in [0, 0.05) is 37.4 Å². The highest BCUT2D eigenvalue weighted by molar-refractivity contribution is 5.96. The zero-order valence-corrected chi connectivity index (χ0v) is 14.0. The van der Waals surface area contributed by atoms with Gasteiger partial charge in [0.1, 0.15) is 0 Å². The quantitative estimate of drug-likeness (QED) is 0.910. The van der Waals surface area contributed by atoms with Crippen LogP contribution in [0, 0.1) is 0 Å². The molecule has 2 fully saturated rings. The van der Waals surface area contributed by atoms with Crippen LogP contribution in [0.3, 0.4) is 0 Å².